The lowest BCUT2D eigenvalue weighted by Crippen LogP contribution is -2.52. The molecule has 176 valence electrons. The summed E-state index contributed by atoms with van der Waals surface area (Å²) in [6, 6.07) is 18.4. The molecule has 2 aliphatic rings. The first-order valence-electron chi connectivity index (χ1n) is 11.8. The molecule has 0 bridgehead atoms. The SMILES string of the molecule is C[C@@H]1CN(c2nc3ccccc3c3nnc(-c4ccco4)n23)CCN1Cc1ccc2c(c1)OCO2. The Morgan fingerprint density at radius 3 is 2.77 bits per heavy atom. The van der Waals surface area contributed by atoms with Gasteiger partial charge >= 0.3 is 0 Å². The fourth-order valence-corrected chi connectivity index (χ4v) is 5.03. The fraction of sp³-hybridized carbons (Fsp3) is 0.269. The second kappa shape index (κ2) is 7.99. The van der Waals surface area contributed by atoms with Gasteiger partial charge < -0.3 is 18.8 Å². The fourth-order valence-electron chi connectivity index (χ4n) is 5.03. The Morgan fingerprint density at radius 1 is 0.971 bits per heavy atom. The Hall–Kier alpha value is -4.11. The van der Waals surface area contributed by atoms with Crippen LogP contribution in [0, 0.1) is 0 Å². The smallest absolute Gasteiger partial charge is 0.231 e. The van der Waals surface area contributed by atoms with Gasteiger partial charge in [0.2, 0.25) is 18.6 Å². The third-order valence-corrected chi connectivity index (χ3v) is 6.84. The molecule has 7 rings (SSSR count). The van der Waals surface area contributed by atoms with E-state index in [1.807, 2.05) is 46.9 Å². The molecule has 0 radical (unpaired) electrons. The first-order chi connectivity index (χ1) is 17.2. The Bertz CT molecular complexity index is 1530. The van der Waals surface area contributed by atoms with Crippen LogP contribution in [0.5, 0.6) is 11.5 Å². The van der Waals surface area contributed by atoms with Gasteiger partial charge in [0.1, 0.15) is 0 Å². The molecule has 0 spiro atoms. The number of ether oxygens (including phenoxy) is 2. The summed E-state index contributed by atoms with van der Waals surface area (Å²) in [6.45, 7) is 5.99. The molecule has 35 heavy (non-hydrogen) atoms. The normalized spacial score (nSPS) is 18.1. The van der Waals surface area contributed by atoms with E-state index < -0.39 is 0 Å². The molecule has 0 amide bonds. The van der Waals surface area contributed by atoms with Crippen molar-refractivity contribution in [3.05, 3.63) is 66.4 Å². The summed E-state index contributed by atoms with van der Waals surface area (Å²) < 4.78 is 18.7. The molecule has 3 aromatic heterocycles. The minimum atomic E-state index is 0.296. The van der Waals surface area contributed by atoms with Crippen molar-refractivity contribution in [2.45, 2.75) is 19.5 Å². The van der Waals surface area contributed by atoms with Gasteiger partial charge in [0.05, 0.1) is 11.8 Å². The Kier molecular flexibility index (Phi) is 4.63. The van der Waals surface area contributed by atoms with Crippen molar-refractivity contribution in [3.63, 3.8) is 0 Å². The van der Waals surface area contributed by atoms with E-state index in [0.29, 0.717) is 24.4 Å². The lowest BCUT2D eigenvalue weighted by molar-refractivity contribution is 0.173. The van der Waals surface area contributed by atoms with Crippen molar-refractivity contribution < 1.29 is 13.9 Å². The van der Waals surface area contributed by atoms with Crippen molar-refractivity contribution in [2.24, 2.45) is 0 Å². The molecule has 0 unspecified atom stereocenters. The van der Waals surface area contributed by atoms with Gasteiger partial charge in [-0.25, -0.2) is 9.38 Å². The number of hydrogen-bond donors (Lipinski definition) is 0. The molecule has 9 nitrogen and oxygen atoms in total. The van der Waals surface area contributed by atoms with Gasteiger partial charge in [-0.15, -0.1) is 10.2 Å². The van der Waals surface area contributed by atoms with E-state index in [4.69, 9.17) is 18.9 Å². The van der Waals surface area contributed by atoms with E-state index in [-0.39, 0.29) is 0 Å². The van der Waals surface area contributed by atoms with E-state index in [1.165, 1.54) is 5.56 Å². The molecule has 1 atom stereocenters. The maximum Gasteiger partial charge on any atom is 0.231 e. The number of anilines is 1. The topological polar surface area (TPSA) is 81.2 Å². The second-order valence-corrected chi connectivity index (χ2v) is 9.04. The maximum absolute atomic E-state index is 5.68. The van der Waals surface area contributed by atoms with Crippen LogP contribution in [0.15, 0.2) is 65.3 Å². The number of benzene rings is 2. The number of hydrogen-bond acceptors (Lipinski definition) is 8. The van der Waals surface area contributed by atoms with Crippen LogP contribution < -0.4 is 14.4 Å². The van der Waals surface area contributed by atoms with E-state index in [9.17, 15) is 0 Å². The summed E-state index contributed by atoms with van der Waals surface area (Å²) in [5.41, 5.74) is 2.91. The molecule has 1 saturated heterocycles. The Balaban J connectivity index is 1.22. The average molecular weight is 469 g/mol. The first kappa shape index (κ1) is 20.3. The molecule has 0 aliphatic carbocycles. The van der Waals surface area contributed by atoms with Gasteiger partial charge in [-0.05, 0) is 48.9 Å². The number of piperazine rings is 1. The molecule has 5 aromatic rings. The van der Waals surface area contributed by atoms with Crippen molar-refractivity contribution in [1.82, 2.24) is 24.5 Å². The zero-order valence-corrected chi connectivity index (χ0v) is 19.3. The molecular weight excluding hydrogens is 444 g/mol. The van der Waals surface area contributed by atoms with Crippen molar-refractivity contribution in [3.8, 4) is 23.1 Å². The predicted molar refractivity (Wildman–Crippen MR) is 131 cm³/mol. The lowest BCUT2D eigenvalue weighted by atomic mass is 10.1. The van der Waals surface area contributed by atoms with E-state index >= 15 is 0 Å². The van der Waals surface area contributed by atoms with Crippen LogP contribution in [0.1, 0.15) is 12.5 Å². The van der Waals surface area contributed by atoms with Crippen LogP contribution in [0.2, 0.25) is 0 Å². The highest BCUT2D eigenvalue weighted by Gasteiger charge is 2.28. The van der Waals surface area contributed by atoms with Gasteiger partial charge in [-0.3, -0.25) is 4.90 Å². The zero-order chi connectivity index (χ0) is 23.4. The summed E-state index contributed by atoms with van der Waals surface area (Å²) in [6.07, 6.45) is 1.65. The number of nitrogens with zero attached hydrogens (tertiary/aromatic N) is 6. The molecule has 5 heterocycles. The van der Waals surface area contributed by atoms with Crippen molar-refractivity contribution >= 4 is 22.5 Å². The lowest BCUT2D eigenvalue weighted by Gasteiger charge is -2.40. The number of aromatic nitrogens is 4. The van der Waals surface area contributed by atoms with Crippen molar-refractivity contribution in [1.29, 1.82) is 0 Å². The summed E-state index contributed by atoms with van der Waals surface area (Å²) in [5.74, 6) is 3.82. The van der Waals surface area contributed by atoms with Crippen LogP contribution in [0.4, 0.5) is 5.95 Å². The third kappa shape index (κ3) is 3.38. The number of rotatable bonds is 4. The van der Waals surface area contributed by atoms with Crippen molar-refractivity contribution in [2.75, 3.05) is 31.3 Å². The number of fused-ring (bicyclic) bond motifs is 4. The van der Waals surface area contributed by atoms with E-state index in [2.05, 4.69) is 39.1 Å². The van der Waals surface area contributed by atoms with Gasteiger partial charge in [-0.1, -0.05) is 18.2 Å². The van der Waals surface area contributed by atoms with Gasteiger partial charge in [0, 0.05) is 37.6 Å². The third-order valence-electron chi connectivity index (χ3n) is 6.84. The van der Waals surface area contributed by atoms with Crippen LogP contribution in [0.3, 0.4) is 0 Å². The zero-order valence-electron chi connectivity index (χ0n) is 19.3. The molecule has 0 N–H and O–H groups in total. The second-order valence-electron chi connectivity index (χ2n) is 9.04. The van der Waals surface area contributed by atoms with Crippen LogP contribution in [-0.4, -0.2) is 57.0 Å². The maximum atomic E-state index is 5.68. The molecule has 2 aliphatic heterocycles. The van der Waals surface area contributed by atoms with Crippen LogP contribution in [0.25, 0.3) is 28.1 Å². The average Bonchev–Trinajstić information content (AvgIpc) is 3.65. The largest absolute Gasteiger partial charge is 0.461 e. The van der Waals surface area contributed by atoms with Crippen LogP contribution >= 0.6 is 0 Å². The molecule has 2 aromatic carbocycles. The van der Waals surface area contributed by atoms with E-state index in [0.717, 1.165) is 60.2 Å². The quantitative estimate of drug-likeness (QED) is 0.392. The highest BCUT2D eigenvalue weighted by molar-refractivity contribution is 5.93. The Labute approximate surface area is 201 Å². The molecule has 0 saturated carbocycles. The standard InChI is InChI=1S/C26H24N6O3/c1-17-14-31(11-10-30(17)15-18-8-9-21-23(13-18)35-16-34-21)26-27-20-6-3-2-5-19(20)24-28-29-25(32(24)26)22-7-4-12-33-22/h2-9,12-13,17H,10-11,14-16H2,1H3/t17-/m1/s1. The predicted octanol–water partition coefficient (Wildman–Crippen LogP) is 3.98. The summed E-state index contributed by atoms with van der Waals surface area (Å²) in [5, 5.41) is 9.98. The molecular formula is C26H24N6O3. The highest BCUT2D eigenvalue weighted by atomic mass is 16.7. The summed E-state index contributed by atoms with van der Waals surface area (Å²) in [4.78, 5) is 9.89. The number of para-hydroxylation sites is 1. The van der Waals surface area contributed by atoms with Crippen LogP contribution in [-0.2, 0) is 6.54 Å². The first-order valence-corrected chi connectivity index (χ1v) is 11.8. The monoisotopic (exact) mass is 468 g/mol. The Morgan fingerprint density at radius 2 is 1.89 bits per heavy atom. The number of furan rings is 1. The minimum Gasteiger partial charge on any atom is -0.461 e. The summed E-state index contributed by atoms with van der Waals surface area (Å²) >= 11 is 0. The van der Waals surface area contributed by atoms with Gasteiger partial charge in [-0.2, -0.15) is 0 Å². The molecule has 1 fully saturated rings. The summed E-state index contributed by atoms with van der Waals surface area (Å²) in [7, 11) is 0. The van der Waals surface area contributed by atoms with E-state index in [1.54, 1.807) is 6.26 Å². The highest BCUT2D eigenvalue weighted by Crippen LogP contribution is 2.34. The molecule has 9 heteroatoms. The minimum absolute atomic E-state index is 0.296. The van der Waals surface area contributed by atoms with Gasteiger partial charge in [0.15, 0.2) is 22.9 Å². The van der Waals surface area contributed by atoms with Gasteiger partial charge in [0.25, 0.3) is 0 Å².